The molecular weight excluding hydrogens is 721 g/mol. The lowest BCUT2D eigenvalue weighted by Gasteiger charge is -2.44. The Morgan fingerprint density at radius 2 is 1.39 bits per heavy atom. The van der Waals surface area contributed by atoms with Crippen molar-refractivity contribution in [1.29, 1.82) is 0 Å². The van der Waals surface area contributed by atoms with Crippen LogP contribution in [0, 0.1) is 0 Å². The average Bonchev–Trinajstić information content (AvgIpc) is 3.18. The van der Waals surface area contributed by atoms with Crippen molar-refractivity contribution in [2.45, 2.75) is 38.2 Å². The first-order valence-corrected chi connectivity index (χ1v) is 18.8. The van der Waals surface area contributed by atoms with Crippen molar-refractivity contribution in [3.63, 3.8) is 0 Å². The van der Waals surface area contributed by atoms with Gasteiger partial charge in [0.1, 0.15) is 12.2 Å². The molecule has 1 N–H and O–H groups in total. The molecule has 3 aliphatic rings. The number of carbonyl (C=O) groups excluding carboxylic acids is 3. The fourth-order valence-corrected chi connectivity index (χ4v) is 8.24. The highest BCUT2D eigenvalue weighted by molar-refractivity contribution is 6.39. The summed E-state index contributed by atoms with van der Waals surface area (Å²) >= 11 is 12.8. The zero-order valence-corrected chi connectivity index (χ0v) is 31.1. The van der Waals surface area contributed by atoms with Crippen LogP contribution < -0.4 is 24.6 Å². The number of barbiturate groups is 1. The zero-order chi connectivity index (χ0) is 37.3. The van der Waals surface area contributed by atoms with E-state index < -0.39 is 17.8 Å². The summed E-state index contributed by atoms with van der Waals surface area (Å²) in [6, 6.07) is 34.3. The van der Waals surface area contributed by atoms with Gasteiger partial charge in [0, 0.05) is 35.6 Å². The molecule has 272 valence electrons. The highest BCUT2D eigenvalue weighted by atomic mass is 35.5. The third kappa shape index (κ3) is 6.83. The van der Waals surface area contributed by atoms with Crippen LogP contribution in [-0.2, 0) is 16.2 Å². The van der Waals surface area contributed by atoms with E-state index in [1.807, 2.05) is 67.6 Å². The third-order valence-electron chi connectivity index (χ3n) is 10.3. The third-order valence-corrected chi connectivity index (χ3v) is 10.8. The van der Waals surface area contributed by atoms with E-state index in [2.05, 4.69) is 34.5 Å². The molecule has 5 aromatic rings. The molecule has 5 aromatic carbocycles. The quantitative estimate of drug-likeness (QED) is 0.119. The van der Waals surface area contributed by atoms with Gasteiger partial charge in [-0.05, 0) is 95.6 Å². The van der Waals surface area contributed by atoms with E-state index in [1.54, 1.807) is 24.3 Å². The molecule has 10 heteroatoms. The summed E-state index contributed by atoms with van der Waals surface area (Å²) in [5.41, 5.74) is 7.14. The Kier molecular flexibility index (Phi) is 9.88. The Hall–Kier alpha value is -5.57. The van der Waals surface area contributed by atoms with Gasteiger partial charge in [0.15, 0.2) is 11.5 Å². The minimum atomic E-state index is -0.802. The van der Waals surface area contributed by atoms with Gasteiger partial charge < -0.3 is 14.4 Å². The number of anilines is 2. The molecule has 0 aliphatic carbocycles. The maximum Gasteiger partial charge on any atom is 0.335 e. The van der Waals surface area contributed by atoms with E-state index in [1.165, 1.54) is 17.2 Å². The number of carbonyl (C=O) groups is 3. The molecule has 1 saturated heterocycles. The Labute approximate surface area is 323 Å². The Morgan fingerprint density at radius 1 is 0.778 bits per heavy atom. The van der Waals surface area contributed by atoms with Gasteiger partial charge in [-0.15, -0.1) is 0 Å². The van der Waals surface area contributed by atoms with Crippen LogP contribution in [0.2, 0.25) is 10.0 Å². The molecule has 0 radical (unpaired) electrons. The van der Waals surface area contributed by atoms with Gasteiger partial charge in [0.2, 0.25) is 0 Å². The SMILES string of the molecule is CCOc1cc(/C=C2\C(=O)NC(=O)N(c3cc4c5c(c3)[C@@H](c3ccccc3)CCN5CC[C@@H]4c3ccccc3)C2=O)cc(Cl)c1OCc1ccc(Cl)cc1. The molecule has 1 fully saturated rings. The smallest absolute Gasteiger partial charge is 0.335 e. The monoisotopic (exact) mass is 757 g/mol. The van der Waals surface area contributed by atoms with E-state index in [-0.39, 0.29) is 29.0 Å². The first-order chi connectivity index (χ1) is 26.3. The van der Waals surface area contributed by atoms with Crippen molar-refractivity contribution < 1.29 is 23.9 Å². The highest BCUT2D eigenvalue weighted by Gasteiger charge is 2.40. The van der Waals surface area contributed by atoms with Crippen molar-refractivity contribution in [2.75, 3.05) is 29.5 Å². The average molecular weight is 759 g/mol. The van der Waals surface area contributed by atoms with Crippen molar-refractivity contribution in [3.8, 4) is 11.5 Å². The summed E-state index contributed by atoms with van der Waals surface area (Å²) in [7, 11) is 0. The van der Waals surface area contributed by atoms with Gasteiger partial charge >= 0.3 is 6.03 Å². The molecule has 0 bridgehead atoms. The Morgan fingerprint density at radius 3 is 1.98 bits per heavy atom. The predicted molar refractivity (Wildman–Crippen MR) is 212 cm³/mol. The van der Waals surface area contributed by atoms with Crippen LogP contribution in [0.25, 0.3) is 6.08 Å². The second kappa shape index (κ2) is 15.0. The number of imide groups is 2. The predicted octanol–water partition coefficient (Wildman–Crippen LogP) is 9.52. The van der Waals surface area contributed by atoms with E-state index in [4.69, 9.17) is 32.7 Å². The van der Waals surface area contributed by atoms with Crippen LogP contribution in [0.15, 0.2) is 115 Å². The number of benzene rings is 5. The van der Waals surface area contributed by atoms with E-state index >= 15 is 0 Å². The van der Waals surface area contributed by atoms with E-state index in [0.717, 1.165) is 53.2 Å². The molecule has 0 unspecified atom stereocenters. The first-order valence-electron chi connectivity index (χ1n) is 18.1. The topological polar surface area (TPSA) is 88.2 Å². The number of hydrogen-bond acceptors (Lipinski definition) is 6. The van der Waals surface area contributed by atoms with Gasteiger partial charge in [0.05, 0.1) is 17.3 Å². The lowest BCUT2D eigenvalue weighted by atomic mass is 9.76. The lowest BCUT2D eigenvalue weighted by molar-refractivity contribution is -0.122. The van der Waals surface area contributed by atoms with Crippen LogP contribution in [0.5, 0.6) is 11.5 Å². The number of rotatable bonds is 9. The Balaban J connectivity index is 1.19. The van der Waals surface area contributed by atoms with Crippen LogP contribution in [-0.4, -0.2) is 37.5 Å². The van der Waals surface area contributed by atoms with Gasteiger partial charge in [-0.2, -0.15) is 0 Å². The van der Waals surface area contributed by atoms with E-state index in [9.17, 15) is 14.4 Å². The fraction of sp³-hybridized carbons (Fsp3) is 0.205. The summed E-state index contributed by atoms with van der Waals surface area (Å²) in [5.74, 6) is -0.739. The molecule has 3 heterocycles. The fourth-order valence-electron chi connectivity index (χ4n) is 7.84. The van der Waals surface area contributed by atoms with Crippen LogP contribution >= 0.6 is 23.2 Å². The van der Waals surface area contributed by atoms with Crippen LogP contribution in [0.4, 0.5) is 16.2 Å². The van der Waals surface area contributed by atoms with Gasteiger partial charge in [-0.1, -0.05) is 96.0 Å². The number of hydrogen-bond donors (Lipinski definition) is 1. The Bertz CT molecular complexity index is 2210. The maximum absolute atomic E-state index is 14.4. The number of nitrogens with zero attached hydrogens (tertiary/aromatic N) is 2. The molecule has 0 spiro atoms. The lowest BCUT2D eigenvalue weighted by Crippen LogP contribution is -2.54. The number of nitrogens with one attached hydrogen (secondary N) is 1. The van der Waals surface area contributed by atoms with E-state index in [0.29, 0.717) is 34.4 Å². The number of amides is 4. The van der Waals surface area contributed by atoms with Crippen molar-refractivity contribution in [2.24, 2.45) is 0 Å². The molecule has 8 rings (SSSR count). The molecule has 3 aliphatic heterocycles. The summed E-state index contributed by atoms with van der Waals surface area (Å²) in [6.07, 6.45) is 3.21. The van der Waals surface area contributed by atoms with Gasteiger partial charge in [-0.25, -0.2) is 9.69 Å². The summed E-state index contributed by atoms with van der Waals surface area (Å²) in [5, 5.41) is 3.26. The highest BCUT2D eigenvalue weighted by Crippen LogP contribution is 2.50. The largest absolute Gasteiger partial charge is 0.490 e. The normalized spacial score (nSPS) is 18.7. The van der Waals surface area contributed by atoms with Crippen molar-refractivity contribution in [3.05, 3.63) is 158 Å². The minimum absolute atomic E-state index is 0.0600. The second-order valence-corrected chi connectivity index (χ2v) is 14.4. The maximum atomic E-state index is 14.4. The standard InChI is InChI=1S/C44H37Cl2N3O5/c1-2-53-39-23-28(22-38(46)41(39)54-26-27-13-15-31(45)16-14-27)21-37-42(50)47-44(52)49(43(37)51)32-24-35-33(29-9-5-3-6-10-29)17-19-48-20-18-34(36(25-32)40(35)48)30-11-7-4-8-12-30/h3-16,21-25,33-34H,2,17-20,26H2,1H3,(H,47,50,52)/b37-21+/t33-,34-/m1/s1. The molecule has 0 aromatic heterocycles. The van der Waals surface area contributed by atoms with Gasteiger partial charge in [0.25, 0.3) is 11.8 Å². The first kappa shape index (κ1) is 35.5. The zero-order valence-electron chi connectivity index (χ0n) is 29.6. The molecule has 8 nitrogen and oxygen atoms in total. The summed E-state index contributed by atoms with van der Waals surface area (Å²) in [4.78, 5) is 45.0. The summed E-state index contributed by atoms with van der Waals surface area (Å²) in [6.45, 7) is 4.18. The van der Waals surface area contributed by atoms with Crippen molar-refractivity contribution in [1.82, 2.24) is 5.32 Å². The van der Waals surface area contributed by atoms with Gasteiger partial charge in [-0.3, -0.25) is 14.9 Å². The number of urea groups is 1. The molecule has 0 saturated carbocycles. The number of ether oxygens (including phenoxy) is 2. The molecule has 54 heavy (non-hydrogen) atoms. The minimum Gasteiger partial charge on any atom is -0.490 e. The second-order valence-electron chi connectivity index (χ2n) is 13.6. The van der Waals surface area contributed by atoms with Crippen LogP contribution in [0.1, 0.15) is 65.0 Å². The molecular formula is C44H37Cl2N3O5. The van der Waals surface area contributed by atoms with Crippen LogP contribution in [0.3, 0.4) is 0 Å². The number of halogens is 2. The van der Waals surface area contributed by atoms with Crippen molar-refractivity contribution >= 4 is 58.5 Å². The summed E-state index contributed by atoms with van der Waals surface area (Å²) < 4.78 is 11.9. The molecule has 2 atom stereocenters. The molecule has 4 amide bonds.